The minimum absolute atomic E-state index is 0.000775. The molecule has 7 nitrogen and oxygen atoms in total. The molecule has 0 aliphatic carbocycles. The summed E-state index contributed by atoms with van der Waals surface area (Å²) in [5, 5.41) is 3.19. The molecule has 24 heavy (non-hydrogen) atoms. The molecule has 124 valence electrons. The highest BCUT2D eigenvalue weighted by atomic mass is 16.6. The average molecular weight is 327 g/mol. The van der Waals surface area contributed by atoms with Crippen LogP contribution >= 0.6 is 0 Å². The molecule has 1 aliphatic heterocycles. The van der Waals surface area contributed by atoms with Crippen molar-refractivity contribution in [3.8, 4) is 22.8 Å². The van der Waals surface area contributed by atoms with Gasteiger partial charge in [-0.15, -0.1) is 0 Å². The first-order chi connectivity index (χ1) is 11.9. The maximum Gasteiger partial charge on any atom is 0.223 e. The van der Waals surface area contributed by atoms with E-state index in [4.69, 9.17) is 18.3 Å². The number of hydrogen-bond donors (Lipinski definition) is 1. The van der Waals surface area contributed by atoms with Gasteiger partial charge in [0.15, 0.2) is 5.76 Å². The molecule has 1 aliphatic rings. The molecule has 0 radical (unpaired) electrons. The molecule has 0 bridgehead atoms. The van der Waals surface area contributed by atoms with E-state index in [1.54, 1.807) is 18.7 Å². The summed E-state index contributed by atoms with van der Waals surface area (Å²) < 4.78 is 22.0. The fourth-order valence-electron chi connectivity index (χ4n) is 2.54. The third-order valence-corrected chi connectivity index (χ3v) is 3.70. The van der Waals surface area contributed by atoms with Gasteiger partial charge in [0.25, 0.3) is 0 Å². The molecular formula is C17H17N3O4. The number of nitrogens with one attached hydrogen (secondary N) is 1. The molecule has 0 aromatic carbocycles. The number of aromatic nitrogens is 2. The summed E-state index contributed by atoms with van der Waals surface area (Å²) in [4.78, 5) is 8.95. The standard InChI is InChI=1S/C17H17N3O4/c1-3-14(23-5-1)13-10-19-17(18-9-12-11-21-7-8-22-12)20-16(13)15-4-2-6-24-15/h1-6,10,12H,7-9,11H2,(H,18,19,20). The van der Waals surface area contributed by atoms with Gasteiger partial charge in [0.05, 0.1) is 44.0 Å². The highest BCUT2D eigenvalue weighted by molar-refractivity contribution is 5.75. The smallest absolute Gasteiger partial charge is 0.223 e. The molecular weight excluding hydrogens is 310 g/mol. The first-order valence-electron chi connectivity index (χ1n) is 7.78. The van der Waals surface area contributed by atoms with E-state index in [1.807, 2.05) is 24.3 Å². The van der Waals surface area contributed by atoms with Crippen LogP contribution in [0.2, 0.25) is 0 Å². The van der Waals surface area contributed by atoms with Crippen LogP contribution in [0.4, 0.5) is 5.95 Å². The Bertz CT molecular complexity index is 765. The van der Waals surface area contributed by atoms with Gasteiger partial charge in [-0.25, -0.2) is 9.97 Å². The van der Waals surface area contributed by atoms with Gasteiger partial charge in [0.2, 0.25) is 5.95 Å². The van der Waals surface area contributed by atoms with Crippen molar-refractivity contribution in [3.63, 3.8) is 0 Å². The quantitative estimate of drug-likeness (QED) is 0.771. The summed E-state index contributed by atoms with van der Waals surface area (Å²) >= 11 is 0. The van der Waals surface area contributed by atoms with Crippen LogP contribution in [0.3, 0.4) is 0 Å². The highest BCUT2D eigenvalue weighted by Gasteiger charge is 2.17. The second-order valence-corrected chi connectivity index (χ2v) is 5.36. The molecule has 1 saturated heterocycles. The predicted octanol–water partition coefficient (Wildman–Crippen LogP) is 2.82. The van der Waals surface area contributed by atoms with Crippen molar-refractivity contribution in [1.82, 2.24) is 9.97 Å². The van der Waals surface area contributed by atoms with Gasteiger partial charge in [-0.05, 0) is 24.3 Å². The molecule has 0 spiro atoms. The van der Waals surface area contributed by atoms with Crippen molar-refractivity contribution < 1.29 is 18.3 Å². The van der Waals surface area contributed by atoms with E-state index in [2.05, 4.69) is 15.3 Å². The van der Waals surface area contributed by atoms with E-state index in [9.17, 15) is 0 Å². The van der Waals surface area contributed by atoms with E-state index in [1.165, 1.54) is 0 Å². The number of hydrogen-bond acceptors (Lipinski definition) is 7. The number of rotatable bonds is 5. The Labute approximate surface area is 138 Å². The maximum atomic E-state index is 5.61. The molecule has 7 heteroatoms. The lowest BCUT2D eigenvalue weighted by Gasteiger charge is -2.23. The summed E-state index contributed by atoms with van der Waals surface area (Å²) in [6, 6.07) is 7.37. The van der Waals surface area contributed by atoms with Gasteiger partial charge >= 0.3 is 0 Å². The lowest BCUT2D eigenvalue weighted by atomic mass is 10.1. The molecule has 3 aromatic rings. The van der Waals surface area contributed by atoms with Gasteiger partial charge in [-0.2, -0.15) is 0 Å². The number of furan rings is 2. The Hall–Kier alpha value is -2.64. The molecule has 0 amide bonds. The Morgan fingerprint density at radius 3 is 2.62 bits per heavy atom. The van der Waals surface area contributed by atoms with Gasteiger partial charge in [-0.1, -0.05) is 0 Å². The van der Waals surface area contributed by atoms with Crippen molar-refractivity contribution in [2.75, 3.05) is 31.7 Å². The van der Waals surface area contributed by atoms with Crippen LogP contribution in [0, 0.1) is 0 Å². The van der Waals surface area contributed by atoms with Crippen LogP contribution in [0.1, 0.15) is 0 Å². The average Bonchev–Trinajstić information content (AvgIpc) is 3.34. The van der Waals surface area contributed by atoms with Crippen molar-refractivity contribution >= 4 is 5.95 Å². The lowest BCUT2D eigenvalue weighted by Crippen LogP contribution is -2.34. The lowest BCUT2D eigenvalue weighted by molar-refractivity contribution is -0.0819. The zero-order valence-electron chi connectivity index (χ0n) is 13.0. The monoisotopic (exact) mass is 327 g/mol. The van der Waals surface area contributed by atoms with Crippen LogP contribution in [0.25, 0.3) is 22.8 Å². The Kier molecular flexibility index (Phi) is 4.26. The maximum absolute atomic E-state index is 5.61. The molecule has 1 N–H and O–H groups in total. The van der Waals surface area contributed by atoms with E-state index < -0.39 is 0 Å². The van der Waals surface area contributed by atoms with Crippen LogP contribution in [0.15, 0.2) is 51.8 Å². The molecule has 1 unspecified atom stereocenters. The number of nitrogens with zero attached hydrogens (tertiary/aromatic N) is 2. The topological polar surface area (TPSA) is 82.6 Å². The summed E-state index contributed by atoms with van der Waals surface area (Å²) in [6.07, 6.45) is 4.96. The minimum atomic E-state index is -0.000775. The minimum Gasteiger partial charge on any atom is -0.464 e. The van der Waals surface area contributed by atoms with Crippen molar-refractivity contribution in [3.05, 3.63) is 43.0 Å². The molecule has 4 heterocycles. The van der Waals surface area contributed by atoms with E-state index in [0.29, 0.717) is 49.5 Å². The summed E-state index contributed by atoms with van der Waals surface area (Å²) in [6.45, 7) is 2.41. The van der Waals surface area contributed by atoms with Gasteiger partial charge in [0.1, 0.15) is 11.5 Å². The van der Waals surface area contributed by atoms with Crippen LogP contribution in [-0.2, 0) is 9.47 Å². The second kappa shape index (κ2) is 6.86. The fourth-order valence-corrected chi connectivity index (χ4v) is 2.54. The van der Waals surface area contributed by atoms with Gasteiger partial charge in [0, 0.05) is 12.7 Å². The summed E-state index contributed by atoms with van der Waals surface area (Å²) in [7, 11) is 0. The van der Waals surface area contributed by atoms with Gasteiger partial charge < -0.3 is 23.6 Å². The Morgan fingerprint density at radius 1 is 1.08 bits per heavy atom. The zero-order valence-corrected chi connectivity index (χ0v) is 13.0. The SMILES string of the molecule is c1coc(-c2cnc(NCC3COCCO3)nc2-c2ccco2)c1. The predicted molar refractivity (Wildman–Crippen MR) is 86.5 cm³/mol. The van der Waals surface area contributed by atoms with Gasteiger partial charge in [-0.3, -0.25) is 0 Å². The molecule has 0 saturated carbocycles. The summed E-state index contributed by atoms with van der Waals surface area (Å²) in [5.74, 6) is 1.85. The first kappa shape index (κ1) is 14.9. The van der Waals surface area contributed by atoms with E-state index in [0.717, 1.165) is 5.56 Å². The largest absolute Gasteiger partial charge is 0.464 e. The molecule has 4 rings (SSSR count). The normalized spacial score (nSPS) is 17.8. The number of ether oxygens (including phenoxy) is 2. The Morgan fingerprint density at radius 2 is 1.92 bits per heavy atom. The fraction of sp³-hybridized carbons (Fsp3) is 0.294. The zero-order chi connectivity index (χ0) is 16.2. The molecule has 1 atom stereocenters. The molecule has 1 fully saturated rings. The third-order valence-electron chi connectivity index (χ3n) is 3.70. The highest BCUT2D eigenvalue weighted by Crippen LogP contribution is 2.31. The Balaban J connectivity index is 1.59. The van der Waals surface area contributed by atoms with Crippen LogP contribution < -0.4 is 5.32 Å². The van der Waals surface area contributed by atoms with E-state index in [-0.39, 0.29) is 6.10 Å². The van der Waals surface area contributed by atoms with Crippen LogP contribution in [0.5, 0.6) is 0 Å². The van der Waals surface area contributed by atoms with Crippen molar-refractivity contribution in [1.29, 1.82) is 0 Å². The van der Waals surface area contributed by atoms with Crippen molar-refractivity contribution in [2.45, 2.75) is 6.10 Å². The number of anilines is 1. The molecule has 3 aromatic heterocycles. The first-order valence-corrected chi connectivity index (χ1v) is 7.78. The third kappa shape index (κ3) is 3.17. The summed E-state index contributed by atoms with van der Waals surface area (Å²) in [5.41, 5.74) is 1.45. The second-order valence-electron chi connectivity index (χ2n) is 5.36. The van der Waals surface area contributed by atoms with Crippen LogP contribution in [-0.4, -0.2) is 42.4 Å². The van der Waals surface area contributed by atoms with Crippen molar-refractivity contribution in [2.24, 2.45) is 0 Å². The van der Waals surface area contributed by atoms with E-state index >= 15 is 0 Å².